The zero-order valence-corrected chi connectivity index (χ0v) is 13.6. The normalized spacial score (nSPS) is 10.7. The summed E-state index contributed by atoms with van der Waals surface area (Å²) in [6.45, 7) is 13.0. The van der Waals surface area contributed by atoms with Crippen LogP contribution in [0.2, 0.25) is 0 Å². The molecule has 0 saturated carbocycles. The SMILES string of the molecule is CCN(CC)c1nc(CNCCO)nc(N(CC)CC)n1. The molecule has 0 radical (unpaired) electrons. The standard InChI is InChI=1S/C14H28N6O/c1-5-19(6-2)13-16-12(11-15-9-10-21)17-14(18-13)20(7-3)8-4/h15,21H,5-11H2,1-4H3. The Hall–Kier alpha value is -1.47. The zero-order valence-electron chi connectivity index (χ0n) is 13.6. The maximum Gasteiger partial charge on any atom is 0.230 e. The van der Waals surface area contributed by atoms with E-state index in [4.69, 9.17) is 5.11 Å². The molecule has 21 heavy (non-hydrogen) atoms. The van der Waals surface area contributed by atoms with Gasteiger partial charge in [-0.2, -0.15) is 15.0 Å². The van der Waals surface area contributed by atoms with Gasteiger partial charge in [-0.3, -0.25) is 0 Å². The van der Waals surface area contributed by atoms with E-state index in [1.165, 1.54) is 0 Å². The molecule has 0 amide bonds. The molecule has 0 aliphatic heterocycles. The van der Waals surface area contributed by atoms with Gasteiger partial charge in [0.1, 0.15) is 5.82 Å². The van der Waals surface area contributed by atoms with E-state index in [0.717, 1.165) is 38.1 Å². The first-order valence-electron chi connectivity index (χ1n) is 7.76. The molecule has 7 nitrogen and oxygen atoms in total. The van der Waals surface area contributed by atoms with Gasteiger partial charge in [0.05, 0.1) is 13.2 Å². The van der Waals surface area contributed by atoms with E-state index in [-0.39, 0.29) is 6.61 Å². The maximum absolute atomic E-state index is 8.85. The van der Waals surface area contributed by atoms with Gasteiger partial charge in [-0.25, -0.2) is 0 Å². The molecule has 0 atom stereocenters. The average molecular weight is 296 g/mol. The van der Waals surface area contributed by atoms with Crippen molar-refractivity contribution in [1.82, 2.24) is 20.3 Å². The van der Waals surface area contributed by atoms with Crippen molar-refractivity contribution in [3.63, 3.8) is 0 Å². The number of nitrogens with zero attached hydrogens (tertiary/aromatic N) is 5. The predicted octanol–water partition coefficient (Wildman–Crippen LogP) is 0.646. The minimum Gasteiger partial charge on any atom is -0.395 e. The van der Waals surface area contributed by atoms with Crippen LogP contribution >= 0.6 is 0 Å². The molecule has 0 fully saturated rings. The maximum atomic E-state index is 8.85. The molecule has 7 heteroatoms. The lowest BCUT2D eigenvalue weighted by Gasteiger charge is -2.23. The first kappa shape index (κ1) is 17.6. The van der Waals surface area contributed by atoms with Gasteiger partial charge in [-0.15, -0.1) is 0 Å². The summed E-state index contributed by atoms with van der Waals surface area (Å²) >= 11 is 0. The van der Waals surface area contributed by atoms with E-state index in [1.54, 1.807) is 0 Å². The van der Waals surface area contributed by atoms with E-state index < -0.39 is 0 Å². The van der Waals surface area contributed by atoms with Crippen molar-refractivity contribution >= 4 is 11.9 Å². The van der Waals surface area contributed by atoms with Crippen molar-refractivity contribution in [2.45, 2.75) is 34.2 Å². The lowest BCUT2D eigenvalue weighted by Crippen LogP contribution is -2.30. The van der Waals surface area contributed by atoms with Crippen LogP contribution in [0.25, 0.3) is 0 Å². The molecule has 0 bridgehead atoms. The van der Waals surface area contributed by atoms with Crippen LogP contribution in [-0.2, 0) is 6.54 Å². The fraction of sp³-hybridized carbons (Fsp3) is 0.786. The quantitative estimate of drug-likeness (QED) is 0.614. The number of nitrogens with one attached hydrogen (secondary N) is 1. The Bertz CT molecular complexity index is 376. The second-order valence-electron chi connectivity index (χ2n) is 4.60. The second-order valence-corrected chi connectivity index (χ2v) is 4.60. The summed E-state index contributed by atoms with van der Waals surface area (Å²) in [4.78, 5) is 17.9. The Morgan fingerprint density at radius 1 is 0.857 bits per heavy atom. The number of rotatable bonds is 10. The van der Waals surface area contributed by atoms with Crippen LogP contribution < -0.4 is 15.1 Å². The lowest BCUT2D eigenvalue weighted by atomic mass is 10.5. The molecule has 0 saturated heterocycles. The van der Waals surface area contributed by atoms with Gasteiger partial charge in [-0.1, -0.05) is 0 Å². The van der Waals surface area contributed by atoms with Crippen LogP contribution in [0.5, 0.6) is 0 Å². The van der Waals surface area contributed by atoms with Crippen molar-refractivity contribution in [2.75, 3.05) is 49.1 Å². The largest absolute Gasteiger partial charge is 0.395 e. The fourth-order valence-corrected chi connectivity index (χ4v) is 2.05. The third kappa shape index (κ3) is 5.09. The summed E-state index contributed by atoms with van der Waals surface area (Å²) in [5.41, 5.74) is 0. The molecule has 120 valence electrons. The number of aliphatic hydroxyl groups excluding tert-OH is 1. The molecule has 0 aliphatic carbocycles. The Morgan fingerprint density at radius 3 is 1.71 bits per heavy atom. The van der Waals surface area contributed by atoms with Gasteiger partial charge in [0.15, 0.2) is 0 Å². The van der Waals surface area contributed by atoms with E-state index >= 15 is 0 Å². The predicted molar refractivity (Wildman–Crippen MR) is 85.7 cm³/mol. The molecule has 0 spiro atoms. The molecular weight excluding hydrogens is 268 g/mol. The molecule has 1 aromatic heterocycles. The average Bonchev–Trinajstić information content (AvgIpc) is 2.50. The molecular formula is C14H28N6O. The zero-order chi connectivity index (χ0) is 15.7. The lowest BCUT2D eigenvalue weighted by molar-refractivity contribution is 0.291. The minimum absolute atomic E-state index is 0.108. The van der Waals surface area contributed by atoms with Crippen LogP contribution in [0.1, 0.15) is 33.5 Å². The first-order valence-corrected chi connectivity index (χ1v) is 7.76. The summed E-state index contributed by atoms with van der Waals surface area (Å²) in [6.07, 6.45) is 0. The number of anilines is 2. The number of aromatic nitrogens is 3. The van der Waals surface area contributed by atoms with E-state index in [0.29, 0.717) is 18.9 Å². The summed E-state index contributed by atoms with van der Waals surface area (Å²) in [6, 6.07) is 0. The van der Waals surface area contributed by atoms with Gasteiger partial charge in [-0.05, 0) is 27.7 Å². The van der Waals surface area contributed by atoms with E-state index in [2.05, 4.69) is 57.8 Å². The highest BCUT2D eigenvalue weighted by molar-refractivity contribution is 5.38. The van der Waals surface area contributed by atoms with Gasteiger partial charge >= 0.3 is 0 Å². The summed E-state index contributed by atoms with van der Waals surface area (Å²) in [5.74, 6) is 2.15. The highest BCUT2D eigenvalue weighted by atomic mass is 16.3. The molecule has 0 unspecified atom stereocenters. The highest BCUT2D eigenvalue weighted by Gasteiger charge is 2.14. The van der Waals surface area contributed by atoms with Gasteiger partial charge in [0.25, 0.3) is 0 Å². The summed E-state index contributed by atoms with van der Waals surface area (Å²) < 4.78 is 0. The summed E-state index contributed by atoms with van der Waals surface area (Å²) in [5, 5.41) is 12.0. The van der Waals surface area contributed by atoms with Gasteiger partial charge < -0.3 is 20.2 Å². The van der Waals surface area contributed by atoms with E-state index in [1.807, 2.05) is 0 Å². The fourth-order valence-electron chi connectivity index (χ4n) is 2.05. The first-order chi connectivity index (χ1) is 10.2. The Balaban J connectivity index is 3.06. The molecule has 1 heterocycles. The molecule has 0 aliphatic rings. The van der Waals surface area contributed by atoms with Crippen LogP contribution in [0, 0.1) is 0 Å². The number of hydrogen-bond donors (Lipinski definition) is 2. The van der Waals surface area contributed by atoms with Crippen molar-refractivity contribution in [3.8, 4) is 0 Å². The van der Waals surface area contributed by atoms with Crippen molar-refractivity contribution in [3.05, 3.63) is 5.82 Å². The van der Waals surface area contributed by atoms with Crippen LogP contribution in [0.15, 0.2) is 0 Å². The topological polar surface area (TPSA) is 77.4 Å². The van der Waals surface area contributed by atoms with Crippen molar-refractivity contribution in [2.24, 2.45) is 0 Å². The number of aliphatic hydroxyl groups is 1. The van der Waals surface area contributed by atoms with Gasteiger partial charge in [0, 0.05) is 32.7 Å². The number of hydrogen-bond acceptors (Lipinski definition) is 7. The Kier molecular flexibility index (Phi) is 7.92. The van der Waals surface area contributed by atoms with Crippen molar-refractivity contribution in [1.29, 1.82) is 0 Å². The molecule has 1 aromatic rings. The molecule has 1 rings (SSSR count). The van der Waals surface area contributed by atoms with Crippen LogP contribution in [-0.4, -0.2) is 59.4 Å². The Labute approximate surface area is 127 Å². The summed E-state index contributed by atoms with van der Waals surface area (Å²) in [7, 11) is 0. The third-order valence-electron chi connectivity index (χ3n) is 3.32. The Morgan fingerprint density at radius 2 is 1.33 bits per heavy atom. The van der Waals surface area contributed by atoms with Gasteiger partial charge in [0.2, 0.25) is 11.9 Å². The molecule has 0 aromatic carbocycles. The third-order valence-corrected chi connectivity index (χ3v) is 3.32. The highest BCUT2D eigenvalue weighted by Crippen LogP contribution is 2.14. The smallest absolute Gasteiger partial charge is 0.230 e. The monoisotopic (exact) mass is 296 g/mol. The van der Waals surface area contributed by atoms with Crippen LogP contribution in [0.3, 0.4) is 0 Å². The second kappa shape index (κ2) is 9.46. The minimum atomic E-state index is 0.108. The van der Waals surface area contributed by atoms with E-state index in [9.17, 15) is 0 Å². The van der Waals surface area contributed by atoms with Crippen molar-refractivity contribution < 1.29 is 5.11 Å². The van der Waals surface area contributed by atoms with Crippen LogP contribution in [0.4, 0.5) is 11.9 Å². The molecule has 2 N–H and O–H groups in total.